The van der Waals surface area contributed by atoms with Crippen LogP contribution in [0.1, 0.15) is 59.7 Å². The number of hydrogen-bond donors (Lipinski definition) is 1. The zero-order valence-electron chi connectivity index (χ0n) is 12.0. The summed E-state index contributed by atoms with van der Waals surface area (Å²) in [7, 11) is 0. The second-order valence-corrected chi connectivity index (χ2v) is 6.07. The van der Waals surface area contributed by atoms with E-state index in [1.807, 2.05) is 0 Å². The summed E-state index contributed by atoms with van der Waals surface area (Å²) >= 11 is 6.07. The maximum Gasteiger partial charge on any atom is 0.137 e. The van der Waals surface area contributed by atoms with E-state index < -0.39 is 0 Å². The van der Waals surface area contributed by atoms with Gasteiger partial charge in [0.15, 0.2) is 0 Å². The molecule has 0 fully saturated rings. The van der Waals surface area contributed by atoms with Crippen LogP contribution in [0.15, 0.2) is 6.07 Å². The summed E-state index contributed by atoms with van der Waals surface area (Å²) in [6.45, 7) is 10.6. The van der Waals surface area contributed by atoms with Crippen molar-refractivity contribution in [1.82, 2.24) is 9.97 Å². The van der Waals surface area contributed by atoms with Crippen LogP contribution in [0.25, 0.3) is 0 Å². The number of rotatable bonds is 5. The van der Waals surface area contributed by atoms with Gasteiger partial charge in [0.2, 0.25) is 0 Å². The minimum Gasteiger partial charge on any atom is -0.367 e. The second-order valence-electron chi connectivity index (χ2n) is 5.69. The number of nitrogens with one attached hydrogen (secondary N) is 1. The average Bonchev–Trinajstić information content (AvgIpc) is 2.26. The summed E-state index contributed by atoms with van der Waals surface area (Å²) in [6.07, 6.45) is 3.39. The molecular formula is C14H24ClN3. The van der Waals surface area contributed by atoms with Crippen LogP contribution < -0.4 is 5.32 Å². The summed E-state index contributed by atoms with van der Waals surface area (Å²) in [5, 5.41) is 3.95. The molecule has 102 valence electrons. The Bertz CT molecular complexity index is 385. The van der Waals surface area contributed by atoms with Crippen molar-refractivity contribution in [2.75, 3.05) is 5.32 Å². The Labute approximate surface area is 115 Å². The van der Waals surface area contributed by atoms with E-state index in [1.54, 1.807) is 6.07 Å². The van der Waals surface area contributed by atoms with Crippen molar-refractivity contribution in [2.24, 2.45) is 0 Å². The van der Waals surface area contributed by atoms with Crippen LogP contribution >= 0.6 is 11.6 Å². The van der Waals surface area contributed by atoms with Crippen LogP contribution in [-0.2, 0) is 5.41 Å². The molecule has 1 unspecified atom stereocenters. The molecule has 18 heavy (non-hydrogen) atoms. The molecule has 0 aliphatic carbocycles. The molecule has 0 saturated carbocycles. The molecule has 1 rings (SSSR count). The van der Waals surface area contributed by atoms with Crippen molar-refractivity contribution in [3.05, 3.63) is 17.0 Å². The van der Waals surface area contributed by atoms with Crippen LogP contribution in [-0.4, -0.2) is 16.0 Å². The van der Waals surface area contributed by atoms with Gasteiger partial charge < -0.3 is 5.32 Å². The van der Waals surface area contributed by atoms with Crippen LogP contribution in [0.5, 0.6) is 0 Å². The normalized spacial score (nSPS) is 13.4. The monoisotopic (exact) mass is 269 g/mol. The first-order valence-electron chi connectivity index (χ1n) is 6.68. The Morgan fingerprint density at radius 3 is 2.44 bits per heavy atom. The highest BCUT2D eigenvalue weighted by Crippen LogP contribution is 2.23. The number of hydrogen-bond acceptors (Lipinski definition) is 3. The van der Waals surface area contributed by atoms with Gasteiger partial charge in [-0.1, -0.05) is 52.6 Å². The van der Waals surface area contributed by atoms with E-state index in [1.165, 1.54) is 0 Å². The first-order chi connectivity index (χ1) is 8.36. The molecule has 1 heterocycles. The minimum absolute atomic E-state index is 0.0895. The first kappa shape index (κ1) is 15.2. The van der Waals surface area contributed by atoms with Crippen molar-refractivity contribution in [1.29, 1.82) is 0 Å². The molecule has 1 atom stereocenters. The highest BCUT2D eigenvalue weighted by atomic mass is 35.5. The molecule has 3 nitrogen and oxygen atoms in total. The quantitative estimate of drug-likeness (QED) is 0.804. The van der Waals surface area contributed by atoms with Gasteiger partial charge in [0.25, 0.3) is 0 Å². The minimum atomic E-state index is -0.0895. The molecule has 0 saturated heterocycles. The summed E-state index contributed by atoms with van der Waals surface area (Å²) in [6, 6.07) is 2.25. The van der Waals surface area contributed by atoms with Gasteiger partial charge in [-0.25, -0.2) is 9.97 Å². The highest BCUT2D eigenvalue weighted by Gasteiger charge is 2.19. The van der Waals surface area contributed by atoms with Gasteiger partial charge in [0.05, 0.1) is 0 Å². The summed E-state index contributed by atoms with van der Waals surface area (Å²) < 4.78 is 0. The SMILES string of the molecule is CCCC(CC)Nc1cc(Cl)nc(C(C)(C)C)n1. The van der Waals surface area contributed by atoms with Crippen molar-refractivity contribution < 1.29 is 0 Å². The molecule has 0 aromatic carbocycles. The summed E-state index contributed by atoms with van der Waals surface area (Å²) in [5.74, 6) is 1.61. The fourth-order valence-electron chi connectivity index (χ4n) is 1.76. The van der Waals surface area contributed by atoms with Gasteiger partial charge in [0, 0.05) is 17.5 Å². The Hall–Kier alpha value is -0.830. The van der Waals surface area contributed by atoms with Gasteiger partial charge in [0.1, 0.15) is 16.8 Å². The van der Waals surface area contributed by atoms with E-state index >= 15 is 0 Å². The lowest BCUT2D eigenvalue weighted by molar-refractivity contribution is 0.544. The zero-order chi connectivity index (χ0) is 13.8. The number of nitrogens with zero attached hydrogens (tertiary/aromatic N) is 2. The Morgan fingerprint density at radius 2 is 1.94 bits per heavy atom. The fourth-order valence-corrected chi connectivity index (χ4v) is 1.95. The predicted molar refractivity (Wildman–Crippen MR) is 78.4 cm³/mol. The van der Waals surface area contributed by atoms with Gasteiger partial charge in [-0.05, 0) is 12.8 Å². The van der Waals surface area contributed by atoms with E-state index in [4.69, 9.17) is 11.6 Å². The lowest BCUT2D eigenvalue weighted by Gasteiger charge is -2.20. The molecule has 0 spiro atoms. The molecule has 0 bridgehead atoms. The second kappa shape index (κ2) is 6.37. The molecule has 1 N–H and O–H groups in total. The van der Waals surface area contributed by atoms with E-state index in [0.717, 1.165) is 30.9 Å². The Morgan fingerprint density at radius 1 is 1.28 bits per heavy atom. The van der Waals surface area contributed by atoms with Crippen molar-refractivity contribution in [2.45, 2.75) is 65.3 Å². The van der Waals surface area contributed by atoms with E-state index in [2.05, 4.69) is 49.9 Å². The standard InChI is InChI=1S/C14H24ClN3/c1-6-8-10(7-2)16-12-9-11(15)17-13(18-12)14(3,4)5/h9-10H,6-8H2,1-5H3,(H,16,17,18). The molecule has 4 heteroatoms. The van der Waals surface area contributed by atoms with Crippen molar-refractivity contribution in [3.63, 3.8) is 0 Å². The highest BCUT2D eigenvalue weighted by molar-refractivity contribution is 6.29. The molecule has 0 amide bonds. The topological polar surface area (TPSA) is 37.8 Å². The van der Waals surface area contributed by atoms with Crippen LogP contribution in [0.2, 0.25) is 5.15 Å². The van der Waals surface area contributed by atoms with Crippen molar-refractivity contribution >= 4 is 17.4 Å². The molecule has 1 aromatic heterocycles. The maximum absolute atomic E-state index is 6.07. The predicted octanol–water partition coefficient (Wildman–Crippen LogP) is 4.42. The van der Waals surface area contributed by atoms with E-state index in [0.29, 0.717) is 11.2 Å². The lowest BCUT2D eigenvalue weighted by atomic mass is 9.96. The fraction of sp³-hybridized carbons (Fsp3) is 0.714. The first-order valence-corrected chi connectivity index (χ1v) is 7.06. The van der Waals surface area contributed by atoms with Crippen molar-refractivity contribution in [3.8, 4) is 0 Å². The smallest absolute Gasteiger partial charge is 0.137 e. The number of aromatic nitrogens is 2. The van der Waals surface area contributed by atoms with Gasteiger partial charge >= 0.3 is 0 Å². The lowest BCUT2D eigenvalue weighted by Crippen LogP contribution is -2.22. The third kappa shape index (κ3) is 4.45. The number of anilines is 1. The van der Waals surface area contributed by atoms with Gasteiger partial charge in [-0.15, -0.1) is 0 Å². The number of halogens is 1. The molecule has 0 radical (unpaired) electrons. The summed E-state index contributed by atoms with van der Waals surface area (Å²) in [4.78, 5) is 8.87. The largest absolute Gasteiger partial charge is 0.367 e. The Kier molecular flexibility index (Phi) is 5.39. The third-order valence-corrected chi connectivity index (χ3v) is 3.04. The maximum atomic E-state index is 6.07. The summed E-state index contributed by atoms with van der Waals surface area (Å²) in [5.41, 5.74) is -0.0895. The average molecular weight is 270 g/mol. The van der Waals surface area contributed by atoms with Crippen LogP contribution in [0, 0.1) is 0 Å². The molecule has 0 aliphatic rings. The molecular weight excluding hydrogens is 246 g/mol. The van der Waals surface area contributed by atoms with E-state index in [-0.39, 0.29) is 5.41 Å². The van der Waals surface area contributed by atoms with Crippen LogP contribution in [0.3, 0.4) is 0 Å². The Balaban J connectivity index is 2.92. The van der Waals surface area contributed by atoms with Gasteiger partial charge in [-0.3, -0.25) is 0 Å². The molecule has 0 aliphatic heterocycles. The van der Waals surface area contributed by atoms with Crippen LogP contribution in [0.4, 0.5) is 5.82 Å². The van der Waals surface area contributed by atoms with E-state index in [9.17, 15) is 0 Å². The third-order valence-electron chi connectivity index (χ3n) is 2.85. The molecule has 1 aromatic rings. The van der Waals surface area contributed by atoms with Gasteiger partial charge in [-0.2, -0.15) is 0 Å². The zero-order valence-corrected chi connectivity index (χ0v) is 12.8.